The largest absolute Gasteiger partial charge is 0.260 e. The number of benzene rings is 1. The normalized spacial score (nSPS) is 10.9. The fourth-order valence-corrected chi connectivity index (χ4v) is 2.85. The molecule has 0 aliphatic carbocycles. The fraction of sp³-hybridized carbons (Fsp3) is 0.0667. The molecule has 0 aliphatic heterocycles. The number of fused-ring (bicyclic) bond motifs is 1. The van der Waals surface area contributed by atoms with Crippen molar-refractivity contribution >= 4 is 33.6 Å². The van der Waals surface area contributed by atoms with Crippen molar-refractivity contribution in [2.24, 2.45) is 5.10 Å². The van der Waals surface area contributed by atoms with Crippen molar-refractivity contribution in [1.29, 1.82) is 5.26 Å². The van der Waals surface area contributed by atoms with Gasteiger partial charge in [0.25, 0.3) is 0 Å². The van der Waals surface area contributed by atoms with Crippen molar-refractivity contribution in [2.45, 2.75) is 6.92 Å². The Labute approximate surface area is 125 Å². The number of hydrogen-bond acceptors (Lipinski definition) is 6. The Kier molecular flexibility index (Phi) is 3.58. The molecule has 0 fully saturated rings. The number of hydrogen-bond donors (Lipinski definition) is 1. The lowest BCUT2D eigenvalue weighted by Crippen LogP contribution is -1.94. The van der Waals surface area contributed by atoms with Crippen LogP contribution in [0.2, 0.25) is 0 Å². The molecular formula is C15H11N5S. The van der Waals surface area contributed by atoms with Gasteiger partial charge in [0.05, 0.1) is 28.1 Å². The third kappa shape index (κ3) is 2.73. The van der Waals surface area contributed by atoms with E-state index in [9.17, 15) is 0 Å². The van der Waals surface area contributed by atoms with E-state index in [1.54, 1.807) is 29.7 Å². The van der Waals surface area contributed by atoms with Crippen molar-refractivity contribution in [2.75, 3.05) is 5.43 Å². The van der Waals surface area contributed by atoms with Crippen LogP contribution in [0.1, 0.15) is 16.7 Å². The molecular weight excluding hydrogens is 282 g/mol. The van der Waals surface area contributed by atoms with Gasteiger partial charge in [-0.2, -0.15) is 10.4 Å². The Morgan fingerprint density at radius 1 is 1.38 bits per heavy atom. The summed E-state index contributed by atoms with van der Waals surface area (Å²) in [7, 11) is 0. The van der Waals surface area contributed by atoms with E-state index in [-0.39, 0.29) is 0 Å². The summed E-state index contributed by atoms with van der Waals surface area (Å²) in [6, 6.07) is 9.34. The Bertz CT molecular complexity index is 860. The summed E-state index contributed by atoms with van der Waals surface area (Å²) in [4.78, 5) is 8.47. The van der Waals surface area contributed by atoms with Gasteiger partial charge in [0.1, 0.15) is 6.33 Å². The standard InChI is InChI=1S/C15H11N5S/c1-10-8-21-14-13(10)17-9-18-15(14)20-19-7-12-4-2-3-11(5-12)6-16/h2-5,7-9H,1H3,(H,17,18,20). The molecule has 0 saturated carbocycles. The molecule has 5 nitrogen and oxygen atoms in total. The summed E-state index contributed by atoms with van der Waals surface area (Å²) >= 11 is 1.59. The SMILES string of the molecule is Cc1csc2c(NN=Cc3cccc(C#N)c3)ncnc12. The van der Waals surface area contributed by atoms with Crippen LogP contribution in [-0.2, 0) is 0 Å². The van der Waals surface area contributed by atoms with Gasteiger partial charge in [0.15, 0.2) is 5.82 Å². The van der Waals surface area contributed by atoms with Crippen molar-refractivity contribution in [3.63, 3.8) is 0 Å². The van der Waals surface area contributed by atoms with Gasteiger partial charge in [-0.1, -0.05) is 12.1 Å². The monoisotopic (exact) mass is 293 g/mol. The number of hydrazone groups is 1. The highest BCUT2D eigenvalue weighted by molar-refractivity contribution is 7.18. The predicted octanol–water partition coefficient (Wildman–Crippen LogP) is 3.32. The van der Waals surface area contributed by atoms with E-state index in [1.165, 1.54) is 6.33 Å². The summed E-state index contributed by atoms with van der Waals surface area (Å²) in [5, 5.41) is 15.1. The van der Waals surface area contributed by atoms with Crippen molar-refractivity contribution < 1.29 is 0 Å². The summed E-state index contributed by atoms with van der Waals surface area (Å²) in [6.07, 6.45) is 3.19. The van der Waals surface area contributed by atoms with Gasteiger partial charge in [-0.15, -0.1) is 11.3 Å². The molecule has 0 radical (unpaired) electrons. The molecule has 0 atom stereocenters. The van der Waals surface area contributed by atoms with E-state index in [4.69, 9.17) is 5.26 Å². The molecule has 3 rings (SSSR count). The summed E-state index contributed by atoms with van der Waals surface area (Å²) in [5.41, 5.74) is 6.47. The zero-order chi connectivity index (χ0) is 14.7. The topological polar surface area (TPSA) is 74.0 Å². The summed E-state index contributed by atoms with van der Waals surface area (Å²) in [6.45, 7) is 2.02. The first-order valence-corrected chi connectivity index (χ1v) is 7.14. The van der Waals surface area contributed by atoms with Crippen molar-refractivity contribution in [3.05, 3.63) is 52.7 Å². The number of aryl methyl sites for hydroxylation is 1. The number of rotatable bonds is 3. The number of nitrogens with zero attached hydrogens (tertiary/aromatic N) is 4. The molecule has 0 saturated heterocycles. The smallest absolute Gasteiger partial charge is 0.167 e. The molecule has 0 unspecified atom stereocenters. The van der Waals surface area contributed by atoms with Gasteiger partial charge in [0, 0.05) is 0 Å². The zero-order valence-electron chi connectivity index (χ0n) is 11.2. The van der Waals surface area contributed by atoms with Crippen LogP contribution in [0.4, 0.5) is 5.82 Å². The van der Waals surface area contributed by atoms with E-state index in [0.29, 0.717) is 11.4 Å². The molecule has 0 bridgehead atoms. The average Bonchev–Trinajstić information content (AvgIpc) is 2.90. The first kappa shape index (κ1) is 13.2. The predicted molar refractivity (Wildman–Crippen MR) is 84.5 cm³/mol. The third-order valence-electron chi connectivity index (χ3n) is 2.93. The number of thiophene rings is 1. The van der Waals surface area contributed by atoms with Crippen molar-refractivity contribution in [3.8, 4) is 6.07 Å². The quantitative estimate of drug-likeness (QED) is 0.594. The van der Waals surface area contributed by atoms with E-state index < -0.39 is 0 Å². The molecule has 2 aromatic heterocycles. The lowest BCUT2D eigenvalue weighted by Gasteiger charge is -2.00. The van der Waals surface area contributed by atoms with Gasteiger partial charge in [-0.05, 0) is 35.6 Å². The zero-order valence-corrected chi connectivity index (χ0v) is 12.1. The Hall–Kier alpha value is -2.78. The summed E-state index contributed by atoms with van der Waals surface area (Å²) in [5.74, 6) is 0.686. The Morgan fingerprint density at radius 2 is 2.29 bits per heavy atom. The summed E-state index contributed by atoms with van der Waals surface area (Å²) < 4.78 is 0.984. The third-order valence-corrected chi connectivity index (χ3v) is 4.02. The van der Waals surface area contributed by atoms with Crippen LogP contribution in [0.3, 0.4) is 0 Å². The molecule has 1 aromatic carbocycles. The minimum atomic E-state index is 0.609. The fourth-order valence-electron chi connectivity index (χ4n) is 1.91. The van der Waals surface area contributed by atoms with Gasteiger partial charge >= 0.3 is 0 Å². The molecule has 21 heavy (non-hydrogen) atoms. The van der Waals surface area contributed by atoms with Crippen LogP contribution in [0.15, 0.2) is 41.1 Å². The first-order chi connectivity index (χ1) is 10.3. The Balaban J connectivity index is 1.83. The van der Waals surface area contributed by atoms with Crippen LogP contribution < -0.4 is 5.43 Å². The van der Waals surface area contributed by atoms with Crippen LogP contribution in [-0.4, -0.2) is 16.2 Å². The van der Waals surface area contributed by atoms with Gasteiger partial charge < -0.3 is 0 Å². The van der Waals surface area contributed by atoms with Crippen molar-refractivity contribution in [1.82, 2.24) is 9.97 Å². The van der Waals surface area contributed by atoms with Crippen LogP contribution >= 0.6 is 11.3 Å². The van der Waals surface area contributed by atoms with E-state index >= 15 is 0 Å². The second-order valence-corrected chi connectivity index (χ2v) is 5.31. The van der Waals surface area contributed by atoms with Crippen LogP contribution in [0, 0.1) is 18.3 Å². The van der Waals surface area contributed by atoms with Gasteiger partial charge in [-0.3, -0.25) is 5.43 Å². The van der Waals surface area contributed by atoms with E-state index in [1.807, 2.05) is 24.4 Å². The Morgan fingerprint density at radius 3 is 3.14 bits per heavy atom. The highest BCUT2D eigenvalue weighted by Gasteiger charge is 2.06. The van der Waals surface area contributed by atoms with E-state index in [2.05, 4.69) is 26.6 Å². The maximum atomic E-state index is 8.86. The lowest BCUT2D eigenvalue weighted by molar-refractivity contribution is 1.18. The molecule has 3 aromatic rings. The number of nitriles is 1. The first-order valence-electron chi connectivity index (χ1n) is 6.26. The molecule has 102 valence electrons. The number of anilines is 1. The highest BCUT2D eigenvalue weighted by Crippen LogP contribution is 2.28. The van der Waals surface area contributed by atoms with Crippen LogP contribution in [0.5, 0.6) is 0 Å². The van der Waals surface area contributed by atoms with Gasteiger partial charge in [-0.25, -0.2) is 9.97 Å². The highest BCUT2D eigenvalue weighted by atomic mass is 32.1. The molecule has 2 heterocycles. The average molecular weight is 293 g/mol. The van der Waals surface area contributed by atoms with Gasteiger partial charge in [0.2, 0.25) is 0 Å². The molecule has 0 aliphatic rings. The lowest BCUT2D eigenvalue weighted by atomic mass is 10.1. The number of nitrogens with one attached hydrogen (secondary N) is 1. The second kappa shape index (κ2) is 5.69. The van der Waals surface area contributed by atoms with E-state index in [0.717, 1.165) is 21.3 Å². The van der Waals surface area contributed by atoms with Crippen LogP contribution in [0.25, 0.3) is 10.2 Å². The molecule has 6 heteroatoms. The minimum absolute atomic E-state index is 0.609. The maximum absolute atomic E-state index is 8.86. The maximum Gasteiger partial charge on any atom is 0.167 e. The molecule has 0 spiro atoms. The molecule has 1 N–H and O–H groups in total. The second-order valence-electron chi connectivity index (χ2n) is 4.43. The molecule has 0 amide bonds. The minimum Gasteiger partial charge on any atom is -0.260 e. The number of aromatic nitrogens is 2.